The van der Waals surface area contributed by atoms with E-state index >= 15 is 0 Å². The summed E-state index contributed by atoms with van der Waals surface area (Å²) < 4.78 is 41.3. The smallest absolute Gasteiger partial charge is 0.288 e. The predicted molar refractivity (Wildman–Crippen MR) is 115 cm³/mol. The Bertz CT molecular complexity index is 1190. The second-order valence-corrected chi connectivity index (χ2v) is 7.66. The molecule has 0 fully saturated rings. The molecule has 8 heteroatoms. The first kappa shape index (κ1) is 21.7. The molecular formula is C24H22F3N5. The zero-order chi connectivity index (χ0) is 22.7. The van der Waals surface area contributed by atoms with Crippen LogP contribution < -0.4 is 0 Å². The highest BCUT2D eigenvalue weighted by Gasteiger charge is 2.31. The van der Waals surface area contributed by atoms with Crippen LogP contribution in [-0.4, -0.2) is 32.2 Å². The van der Waals surface area contributed by atoms with Crippen LogP contribution in [0.15, 0.2) is 78.9 Å². The van der Waals surface area contributed by atoms with Gasteiger partial charge in [0.2, 0.25) is 0 Å². The van der Waals surface area contributed by atoms with Crippen LogP contribution in [0.25, 0.3) is 5.69 Å². The molecule has 3 aromatic carbocycles. The topological polar surface area (TPSA) is 46.8 Å². The van der Waals surface area contributed by atoms with Gasteiger partial charge in [-0.1, -0.05) is 66.7 Å². The number of nitrogens with zero attached hydrogens (tertiary/aromatic N) is 5. The van der Waals surface area contributed by atoms with Gasteiger partial charge in [-0.2, -0.15) is 17.9 Å². The van der Waals surface area contributed by atoms with Gasteiger partial charge in [0.1, 0.15) is 0 Å². The zero-order valence-corrected chi connectivity index (χ0v) is 17.7. The molecule has 0 aliphatic heterocycles. The summed E-state index contributed by atoms with van der Waals surface area (Å²) in [6, 6.07) is 22.5. The molecule has 0 radical (unpaired) electrons. The monoisotopic (exact) mass is 437 g/mol. The lowest BCUT2D eigenvalue weighted by atomic mass is 10.0. The number of hydrogen-bond donors (Lipinski definition) is 0. The highest BCUT2D eigenvalue weighted by molar-refractivity contribution is 5.41. The number of aromatic nitrogens is 4. The Morgan fingerprint density at radius 2 is 1.66 bits per heavy atom. The summed E-state index contributed by atoms with van der Waals surface area (Å²) in [6.07, 6.45) is -4.39. The van der Waals surface area contributed by atoms with Crippen LogP contribution >= 0.6 is 0 Å². The average Bonchev–Trinajstić information content (AvgIpc) is 3.23. The Balaban J connectivity index is 1.74. The molecule has 0 bridgehead atoms. The summed E-state index contributed by atoms with van der Waals surface area (Å²) >= 11 is 0. The van der Waals surface area contributed by atoms with Crippen LogP contribution in [0.1, 0.15) is 34.1 Å². The first-order valence-electron chi connectivity index (χ1n) is 10.1. The van der Waals surface area contributed by atoms with E-state index in [1.807, 2.05) is 73.5 Å². The molecule has 0 unspecified atom stereocenters. The molecule has 0 amide bonds. The summed E-state index contributed by atoms with van der Waals surface area (Å²) in [7, 11) is 1.86. The minimum atomic E-state index is -4.39. The summed E-state index contributed by atoms with van der Waals surface area (Å²) in [6.45, 7) is 2.26. The van der Waals surface area contributed by atoms with Crippen LogP contribution in [0.5, 0.6) is 0 Å². The number of rotatable bonds is 6. The molecular weight excluding hydrogens is 415 g/mol. The van der Waals surface area contributed by atoms with Crippen molar-refractivity contribution in [2.45, 2.75) is 25.7 Å². The van der Waals surface area contributed by atoms with Gasteiger partial charge in [0.25, 0.3) is 0 Å². The first-order chi connectivity index (χ1) is 15.3. The minimum absolute atomic E-state index is 0.282. The SMILES string of the molecule is Cc1ccccc1-n1nnnc1[C@@H](c1ccccc1)N(C)Cc1cccc(C(F)(F)F)c1. The lowest BCUT2D eigenvalue weighted by molar-refractivity contribution is -0.137. The summed E-state index contributed by atoms with van der Waals surface area (Å²) in [5, 5.41) is 12.4. The van der Waals surface area contributed by atoms with Crippen LogP contribution in [0.4, 0.5) is 13.2 Å². The molecule has 0 aliphatic carbocycles. The fraction of sp³-hybridized carbons (Fsp3) is 0.208. The lowest BCUT2D eigenvalue weighted by Crippen LogP contribution is -2.28. The summed E-state index contributed by atoms with van der Waals surface area (Å²) in [5.41, 5.74) is 2.68. The molecule has 1 atom stereocenters. The number of hydrogen-bond acceptors (Lipinski definition) is 4. The van der Waals surface area contributed by atoms with Crippen molar-refractivity contribution < 1.29 is 13.2 Å². The van der Waals surface area contributed by atoms with Crippen molar-refractivity contribution >= 4 is 0 Å². The van der Waals surface area contributed by atoms with E-state index in [1.54, 1.807) is 10.7 Å². The molecule has 1 heterocycles. The van der Waals surface area contributed by atoms with E-state index in [1.165, 1.54) is 12.1 Å². The number of aryl methyl sites for hydroxylation is 1. The maximum absolute atomic E-state index is 13.2. The Kier molecular flexibility index (Phi) is 6.05. The fourth-order valence-corrected chi connectivity index (χ4v) is 3.80. The van der Waals surface area contributed by atoms with E-state index < -0.39 is 11.7 Å². The highest BCUT2D eigenvalue weighted by atomic mass is 19.4. The standard InChI is InChI=1S/C24H22F3N5/c1-17-9-6-7-14-21(17)32-23(28-29-30-32)22(19-11-4-3-5-12-19)31(2)16-18-10-8-13-20(15-18)24(25,26)27/h3-15,22H,16H2,1-2H3/t22-/m1/s1. The number of halogens is 3. The third-order valence-electron chi connectivity index (χ3n) is 5.32. The molecule has 164 valence electrons. The van der Waals surface area contributed by atoms with Gasteiger partial charge in [-0.3, -0.25) is 4.90 Å². The van der Waals surface area contributed by atoms with Gasteiger partial charge in [-0.25, -0.2) is 0 Å². The van der Waals surface area contributed by atoms with E-state index in [4.69, 9.17) is 0 Å². The Morgan fingerprint density at radius 3 is 2.38 bits per heavy atom. The van der Waals surface area contributed by atoms with Gasteiger partial charge in [0.15, 0.2) is 5.82 Å². The molecule has 1 aromatic heterocycles. The van der Waals surface area contributed by atoms with Crippen molar-refractivity contribution in [2.75, 3.05) is 7.05 Å². The largest absolute Gasteiger partial charge is 0.416 e. The van der Waals surface area contributed by atoms with Crippen molar-refractivity contribution in [3.63, 3.8) is 0 Å². The number of benzene rings is 3. The third kappa shape index (κ3) is 4.55. The van der Waals surface area contributed by atoms with Gasteiger partial charge in [0, 0.05) is 6.54 Å². The van der Waals surface area contributed by atoms with E-state index in [0.29, 0.717) is 11.4 Å². The summed E-state index contributed by atoms with van der Waals surface area (Å²) in [5.74, 6) is 0.583. The molecule has 0 saturated heterocycles. The van der Waals surface area contributed by atoms with Crippen LogP contribution in [-0.2, 0) is 12.7 Å². The van der Waals surface area contributed by atoms with E-state index in [0.717, 1.165) is 22.9 Å². The van der Waals surface area contributed by atoms with Crippen LogP contribution in [0.2, 0.25) is 0 Å². The summed E-state index contributed by atoms with van der Waals surface area (Å²) in [4.78, 5) is 1.95. The van der Waals surface area contributed by atoms with E-state index in [9.17, 15) is 13.2 Å². The normalized spacial score (nSPS) is 12.8. The highest BCUT2D eigenvalue weighted by Crippen LogP contribution is 2.32. The number of alkyl halides is 3. The second-order valence-electron chi connectivity index (χ2n) is 7.66. The molecule has 0 spiro atoms. The molecule has 5 nitrogen and oxygen atoms in total. The van der Waals surface area contributed by atoms with Crippen molar-refractivity contribution in [1.82, 2.24) is 25.1 Å². The Morgan fingerprint density at radius 1 is 0.938 bits per heavy atom. The zero-order valence-electron chi connectivity index (χ0n) is 17.7. The third-order valence-corrected chi connectivity index (χ3v) is 5.32. The Hall–Kier alpha value is -3.52. The van der Waals surface area contributed by atoms with Gasteiger partial charge in [0.05, 0.1) is 17.3 Å². The maximum atomic E-state index is 13.2. The van der Waals surface area contributed by atoms with E-state index in [2.05, 4.69) is 15.5 Å². The van der Waals surface area contributed by atoms with Gasteiger partial charge in [-0.05, 0) is 53.2 Å². The van der Waals surface area contributed by atoms with Gasteiger partial charge < -0.3 is 0 Å². The van der Waals surface area contributed by atoms with Gasteiger partial charge in [-0.15, -0.1) is 5.10 Å². The van der Waals surface area contributed by atoms with Crippen molar-refractivity contribution in [2.24, 2.45) is 0 Å². The lowest BCUT2D eigenvalue weighted by Gasteiger charge is -2.28. The molecule has 32 heavy (non-hydrogen) atoms. The molecule has 0 aliphatic rings. The maximum Gasteiger partial charge on any atom is 0.416 e. The fourth-order valence-electron chi connectivity index (χ4n) is 3.80. The molecule has 0 N–H and O–H groups in total. The van der Waals surface area contributed by atoms with Crippen LogP contribution in [0.3, 0.4) is 0 Å². The average molecular weight is 437 g/mol. The molecule has 4 aromatic rings. The van der Waals surface area contributed by atoms with Crippen molar-refractivity contribution in [3.8, 4) is 5.69 Å². The minimum Gasteiger partial charge on any atom is -0.288 e. The molecule has 4 rings (SSSR count). The Labute approximate surface area is 184 Å². The van der Waals surface area contributed by atoms with E-state index in [-0.39, 0.29) is 12.6 Å². The van der Waals surface area contributed by atoms with Gasteiger partial charge >= 0.3 is 6.18 Å². The number of para-hydroxylation sites is 1. The first-order valence-corrected chi connectivity index (χ1v) is 10.1. The molecule has 0 saturated carbocycles. The predicted octanol–water partition coefficient (Wildman–Crippen LogP) is 5.21. The number of tetrazole rings is 1. The second kappa shape index (κ2) is 8.92. The van der Waals surface area contributed by atoms with Crippen molar-refractivity contribution in [3.05, 3.63) is 107 Å². The van der Waals surface area contributed by atoms with Crippen molar-refractivity contribution in [1.29, 1.82) is 0 Å². The quantitative estimate of drug-likeness (QED) is 0.415. The van der Waals surface area contributed by atoms with Crippen LogP contribution in [0, 0.1) is 6.92 Å².